The molecule has 0 saturated carbocycles. The number of likely N-dealkylation sites (N-methyl/N-ethyl adjacent to an activating group) is 1. The SMILES string of the molecule is CN1CC(OS(C)(=O)=O)C[C@H]1c1cccnc1.O=C(O)C(=O)O. The first-order valence-electron chi connectivity index (χ1n) is 6.54. The molecule has 10 heteroatoms. The predicted octanol–water partition coefficient (Wildman–Crippen LogP) is -0.0414. The van der Waals surface area contributed by atoms with Gasteiger partial charge in [-0.05, 0) is 25.1 Å². The van der Waals surface area contributed by atoms with E-state index in [2.05, 4.69) is 9.88 Å². The highest BCUT2D eigenvalue weighted by molar-refractivity contribution is 7.86. The van der Waals surface area contributed by atoms with E-state index in [1.807, 2.05) is 25.4 Å². The second-order valence-corrected chi connectivity index (χ2v) is 6.61. The van der Waals surface area contributed by atoms with Gasteiger partial charge in [0.2, 0.25) is 0 Å². The Kier molecular flexibility index (Phi) is 6.61. The highest BCUT2D eigenvalue weighted by Gasteiger charge is 2.33. The number of likely N-dealkylation sites (tertiary alicyclic amines) is 1. The Morgan fingerprint density at radius 3 is 2.39 bits per heavy atom. The molecule has 1 fully saturated rings. The summed E-state index contributed by atoms with van der Waals surface area (Å²) in [5, 5.41) is 14.8. The monoisotopic (exact) mass is 346 g/mol. The Morgan fingerprint density at radius 2 is 1.96 bits per heavy atom. The van der Waals surface area contributed by atoms with Gasteiger partial charge < -0.3 is 10.2 Å². The van der Waals surface area contributed by atoms with Gasteiger partial charge in [0.25, 0.3) is 10.1 Å². The molecule has 1 aromatic heterocycles. The van der Waals surface area contributed by atoms with E-state index < -0.39 is 22.1 Å². The zero-order valence-electron chi connectivity index (χ0n) is 12.6. The summed E-state index contributed by atoms with van der Waals surface area (Å²) in [5.41, 5.74) is 1.09. The van der Waals surface area contributed by atoms with Gasteiger partial charge in [0, 0.05) is 25.0 Å². The van der Waals surface area contributed by atoms with Gasteiger partial charge in [-0.25, -0.2) is 9.59 Å². The van der Waals surface area contributed by atoms with Crippen molar-refractivity contribution in [3.05, 3.63) is 30.1 Å². The summed E-state index contributed by atoms with van der Waals surface area (Å²) in [4.78, 5) is 24.4. The van der Waals surface area contributed by atoms with E-state index in [4.69, 9.17) is 24.0 Å². The number of carboxylic acids is 2. The molecule has 1 saturated heterocycles. The molecule has 1 unspecified atom stereocenters. The zero-order chi connectivity index (χ0) is 17.6. The molecule has 0 spiro atoms. The lowest BCUT2D eigenvalue weighted by atomic mass is 10.1. The molecule has 1 aliphatic heterocycles. The Morgan fingerprint density at radius 1 is 1.35 bits per heavy atom. The van der Waals surface area contributed by atoms with E-state index in [0.717, 1.165) is 11.8 Å². The fourth-order valence-corrected chi connectivity index (χ4v) is 2.87. The van der Waals surface area contributed by atoms with Crippen LogP contribution in [-0.2, 0) is 23.9 Å². The van der Waals surface area contributed by atoms with Crippen LogP contribution in [0.3, 0.4) is 0 Å². The standard InChI is InChI=1S/C11H16N2O3S.C2H2O4/c1-13-8-10(16-17(2,14)15)6-11(13)9-4-3-5-12-7-9;3-1(4)2(5)6/h3-5,7,10-11H,6,8H2,1-2H3;(H,3,4)(H,5,6)/t10?,11-;/m0./s1. The first kappa shape index (κ1) is 19.0. The molecule has 0 amide bonds. The summed E-state index contributed by atoms with van der Waals surface area (Å²) in [6.45, 7) is 0.618. The van der Waals surface area contributed by atoms with E-state index >= 15 is 0 Å². The van der Waals surface area contributed by atoms with E-state index in [-0.39, 0.29) is 12.1 Å². The largest absolute Gasteiger partial charge is 0.473 e. The molecule has 2 rings (SSSR count). The molecule has 2 heterocycles. The average molecular weight is 346 g/mol. The smallest absolute Gasteiger partial charge is 0.414 e. The van der Waals surface area contributed by atoms with Gasteiger partial charge in [0.1, 0.15) is 0 Å². The van der Waals surface area contributed by atoms with E-state index in [1.165, 1.54) is 0 Å². The van der Waals surface area contributed by atoms with Crippen LogP contribution < -0.4 is 0 Å². The first-order valence-corrected chi connectivity index (χ1v) is 8.36. The minimum Gasteiger partial charge on any atom is -0.473 e. The van der Waals surface area contributed by atoms with E-state index in [1.54, 1.807) is 6.20 Å². The van der Waals surface area contributed by atoms with Gasteiger partial charge in [-0.15, -0.1) is 0 Å². The van der Waals surface area contributed by atoms with Crippen LogP contribution in [0, 0.1) is 0 Å². The van der Waals surface area contributed by atoms with Crippen molar-refractivity contribution < 1.29 is 32.4 Å². The van der Waals surface area contributed by atoms with Crippen LogP contribution in [0.15, 0.2) is 24.5 Å². The zero-order valence-corrected chi connectivity index (χ0v) is 13.4. The number of pyridine rings is 1. The summed E-state index contributed by atoms with van der Waals surface area (Å²) in [6.07, 6.45) is 5.03. The molecule has 1 aromatic rings. The molecule has 2 N–H and O–H groups in total. The van der Waals surface area contributed by atoms with Crippen LogP contribution in [0.4, 0.5) is 0 Å². The minimum absolute atomic E-state index is 0.176. The van der Waals surface area contributed by atoms with Crippen LogP contribution in [-0.4, -0.2) is 66.4 Å². The quantitative estimate of drug-likeness (QED) is 0.571. The summed E-state index contributed by atoms with van der Waals surface area (Å²) in [6, 6.07) is 4.06. The van der Waals surface area contributed by atoms with Gasteiger partial charge in [-0.3, -0.25) is 14.1 Å². The number of aliphatic carboxylic acids is 2. The molecule has 0 radical (unpaired) electrons. The second-order valence-electron chi connectivity index (χ2n) is 5.01. The normalized spacial score (nSPS) is 21.3. The maximum absolute atomic E-state index is 11.1. The lowest BCUT2D eigenvalue weighted by Gasteiger charge is -2.18. The topological polar surface area (TPSA) is 134 Å². The molecule has 0 aromatic carbocycles. The van der Waals surface area contributed by atoms with Crippen molar-refractivity contribution in [1.29, 1.82) is 0 Å². The van der Waals surface area contributed by atoms with Crippen LogP contribution in [0.5, 0.6) is 0 Å². The lowest BCUT2D eigenvalue weighted by Crippen LogP contribution is -2.22. The maximum atomic E-state index is 11.1. The Labute approximate surface area is 133 Å². The van der Waals surface area contributed by atoms with Crippen molar-refractivity contribution in [2.45, 2.75) is 18.6 Å². The number of hydrogen-bond acceptors (Lipinski definition) is 7. The summed E-state index contributed by atoms with van der Waals surface area (Å²) in [7, 11) is -1.42. The number of rotatable bonds is 3. The average Bonchev–Trinajstić information content (AvgIpc) is 2.78. The third-order valence-electron chi connectivity index (χ3n) is 3.07. The lowest BCUT2D eigenvalue weighted by molar-refractivity contribution is -0.159. The van der Waals surface area contributed by atoms with Gasteiger partial charge in [-0.1, -0.05) is 6.07 Å². The van der Waals surface area contributed by atoms with Gasteiger partial charge >= 0.3 is 11.9 Å². The number of carbonyl (C=O) groups is 2. The summed E-state index contributed by atoms with van der Waals surface area (Å²) >= 11 is 0. The van der Waals surface area contributed by atoms with Crippen LogP contribution in [0.2, 0.25) is 0 Å². The van der Waals surface area contributed by atoms with Crippen molar-refractivity contribution in [3.8, 4) is 0 Å². The van der Waals surface area contributed by atoms with Gasteiger partial charge in [0.15, 0.2) is 0 Å². The van der Waals surface area contributed by atoms with Crippen LogP contribution in [0.25, 0.3) is 0 Å². The van der Waals surface area contributed by atoms with Crippen LogP contribution >= 0.6 is 0 Å². The van der Waals surface area contributed by atoms with Crippen molar-refractivity contribution in [2.75, 3.05) is 19.8 Å². The predicted molar refractivity (Wildman–Crippen MR) is 79.2 cm³/mol. The van der Waals surface area contributed by atoms with Gasteiger partial charge in [-0.2, -0.15) is 8.42 Å². The fraction of sp³-hybridized carbons (Fsp3) is 0.462. The van der Waals surface area contributed by atoms with Crippen LogP contribution in [0.1, 0.15) is 18.0 Å². The van der Waals surface area contributed by atoms with Crippen molar-refractivity contribution in [1.82, 2.24) is 9.88 Å². The fourth-order valence-electron chi connectivity index (χ4n) is 2.23. The molecular formula is C13H18N2O7S. The molecule has 2 atom stereocenters. The number of hydrogen-bond donors (Lipinski definition) is 2. The summed E-state index contributed by atoms with van der Waals surface area (Å²) < 4.78 is 27.2. The Bertz CT molecular complexity index is 636. The number of aromatic nitrogens is 1. The highest BCUT2D eigenvalue weighted by atomic mass is 32.2. The molecule has 128 valence electrons. The van der Waals surface area contributed by atoms with E-state index in [0.29, 0.717) is 13.0 Å². The minimum atomic E-state index is -3.38. The number of carboxylic acid groups (broad SMARTS) is 2. The maximum Gasteiger partial charge on any atom is 0.414 e. The van der Waals surface area contributed by atoms with E-state index in [9.17, 15) is 8.42 Å². The second kappa shape index (κ2) is 7.99. The van der Waals surface area contributed by atoms with Crippen molar-refractivity contribution >= 4 is 22.1 Å². The Hall–Kier alpha value is -2.04. The highest BCUT2D eigenvalue weighted by Crippen LogP contribution is 2.31. The first-order chi connectivity index (χ1) is 10.6. The Balaban J connectivity index is 0.000000379. The third kappa shape index (κ3) is 6.72. The molecule has 9 nitrogen and oxygen atoms in total. The molecule has 23 heavy (non-hydrogen) atoms. The molecule has 0 aliphatic carbocycles. The molecule has 1 aliphatic rings. The third-order valence-corrected chi connectivity index (χ3v) is 3.69. The molecular weight excluding hydrogens is 328 g/mol. The number of nitrogens with zero attached hydrogens (tertiary/aromatic N) is 2. The molecule has 0 bridgehead atoms. The van der Waals surface area contributed by atoms with Gasteiger partial charge in [0.05, 0.1) is 12.4 Å². The van der Waals surface area contributed by atoms with Crippen molar-refractivity contribution in [2.24, 2.45) is 0 Å². The van der Waals surface area contributed by atoms with Crippen molar-refractivity contribution in [3.63, 3.8) is 0 Å². The summed E-state index contributed by atoms with van der Waals surface area (Å²) in [5.74, 6) is -3.65.